The fraction of sp³-hybridized carbons (Fsp3) is 0.636. The Bertz CT molecular complexity index is 356. The van der Waals surface area contributed by atoms with E-state index in [0.29, 0.717) is 11.7 Å². The minimum atomic E-state index is -0.0786. The molecule has 0 spiro atoms. The minimum Gasteiger partial charge on any atom is -0.438 e. The van der Waals surface area contributed by atoms with Gasteiger partial charge in [0.05, 0.1) is 19.4 Å². The molecule has 0 aliphatic carbocycles. The molecule has 16 heavy (non-hydrogen) atoms. The Labute approximate surface area is 94.4 Å². The summed E-state index contributed by atoms with van der Waals surface area (Å²) in [6.07, 6.45) is 2.24. The Morgan fingerprint density at radius 2 is 2.25 bits per heavy atom. The first kappa shape index (κ1) is 11.3. The van der Waals surface area contributed by atoms with E-state index >= 15 is 0 Å². The van der Waals surface area contributed by atoms with E-state index in [1.165, 1.54) is 13.1 Å². The number of hydrogen-bond donors (Lipinski definition) is 0. The third-order valence-electron chi connectivity index (χ3n) is 2.65. The number of ketones is 1. The highest BCUT2D eigenvalue weighted by molar-refractivity contribution is 5.90. The molecule has 5 heteroatoms. The van der Waals surface area contributed by atoms with Crippen molar-refractivity contribution < 1.29 is 13.9 Å². The van der Waals surface area contributed by atoms with E-state index in [0.717, 1.165) is 39.3 Å². The van der Waals surface area contributed by atoms with Crippen LogP contribution in [0.4, 0.5) is 0 Å². The van der Waals surface area contributed by atoms with E-state index in [9.17, 15) is 4.79 Å². The molecule has 0 bridgehead atoms. The van der Waals surface area contributed by atoms with Gasteiger partial charge in [-0.2, -0.15) is 0 Å². The van der Waals surface area contributed by atoms with Crippen molar-refractivity contribution in [2.45, 2.75) is 13.3 Å². The largest absolute Gasteiger partial charge is 0.438 e. The number of nitrogens with zero attached hydrogens (tertiary/aromatic N) is 2. The van der Waals surface area contributed by atoms with Crippen LogP contribution in [-0.2, 0) is 11.2 Å². The van der Waals surface area contributed by atoms with Crippen molar-refractivity contribution in [3.63, 3.8) is 0 Å². The predicted octanol–water partition coefficient (Wildman–Crippen LogP) is 0.752. The normalized spacial score (nSPS) is 17.6. The fourth-order valence-corrected chi connectivity index (χ4v) is 1.67. The van der Waals surface area contributed by atoms with Gasteiger partial charge in [0.2, 0.25) is 0 Å². The average molecular weight is 224 g/mol. The third-order valence-corrected chi connectivity index (χ3v) is 2.65. The first-order valence-corrected chi connectivity index (χ1v) is 5.51. The quantitative estimate of drug-likeness (QED) is 0.706. The molecule has 1 saturated heterocycles. The van der Waals surface area contributed by atoms with Gasteiger partial charge in [-0.15, -0.1) is 0 Å². The van der Waals surface area contributed by atoms with Crippen molar-refractivity contribution in [3.8, 4) is 0 Å². The highest BCUT2D eigenvalue weighted by Gasteiger charge is 2.12. The number of Topliss-reactive ketones (excluding diaryl/α,β-unsaturated/α-hetero) is 1. The van der Waals surface area contributed by atoms with Crippen LogP contribution in [-0.4, -0.2) is 48.5 Å². The summed E-state index contributed by atoms with van der Waals surface area (Å²) in [6.45, 7) is 5.89. The standard InChI is InChI=1S/C11H16N2O3/c1-9(14)10-8-12-11(16-10)2-3-13-4-6-15-7-5-13/h8H,2-7H2,1H3. The Morgan fingerprint density at radius 3 is 2.88 bits per heavy atom. The van der Waals surface area contributed by atoms with Gasteiger partial charge in [-0.25, -0.2) is 4.98 Å². The van der Waals surface area contributed by atoms with Gasteiger partial charge in [0.15, 0.2) is 17.4 Å². The van der Waals surface area contributed by atoms with E-state index in [1.807, 2.05) is 0 Å². The molecule has 5 nitrogen and oxygen atoms in total. The third kappa shape index (κ3) is 2.90. The zero-order valence-corrected chi connectivity index (χ0v) is 9.44. The highest BCUT2D eigenvalue weighted by Crippen LogP contribution is 2.06. The maximum atomic E-state index is 11.0. The molecule has 0 saturated carbocycles. The summed E-state index contributed by atoms with van der Waals surface area (Å²) in [5, 5.41) is 0. The van der Waals surface area contributed by atoms with Crippen molar-refractivity contribution in [1.82, 2.24) is 9.88 Å². The molecule has 0 amide bonds. The molecular weight excluding hydrogens is 208 g/mol. The number of rotatable bonds is 4. The summed E-state index contributed by atoms with van der Waals surface area (Å²) in [6, 6.07) is 0. The van der Waals surface area contributed by atoms with Crippen molar-refractivity contribution in [3.05, 3.63) is 17.8 Å². The van der Waals surface area contributed by atoms with Gasteiger partial charge >= 0.3 is 0 Å². The molecule has 2 heterocycles. The molecule has 1 aromatic rings. The lowest BCUT2D eigenvalue weighted by Crippen LogP contribution is -2.37. The van der Waals surface area contributed by atoms with Crippen molar-refractivity contribution in [2.24, 2.45) is 0 Å². The van der Waals surface area contributed by atoms with E-state index in [2.05, 4.69) is 9.88 Å². The summed E-state index contributed by atoms with van der Waals surface area (Å²) in [5.74, 6) is 0.902. The second kappa shape index (κ2) is 5.23. The molecule has 1 aliphatic heterocycles. The van der Waals surface area contributed by atoms with Crippen LogP contribution in [0.3, 0.4) is 0 Å². The molecule has 0 N–H and O–H groups in total. The summed E-state index contributed by atoms with van der Waals surface area (Å²) >= 11 is 0. The van der Waals surface area contributed by atoms with Crippen LogP contribution >= 0.6 is 0 Å². The van der Waals surface area contributed by atoms with Crippen LogP contribution in [0.2, 0.25) is 0 Å². The van der Waals surface area contributed by atoms with Crippen LogP contribution in [0.15, 0.2) is 10.6 Å². The van der Waals surface area contributed by atoms with Gasteiger partial charge in [-0.3, -0.25) is 9.69 Å². The van der Waals surface area contributed by atoms with Crippen molar-refractivity contribution in [1.29, 1.82) is 0 Å². The summed E-state index contributed by atoms with van der Waals surface area (Å²) in [5.41, 5.74) is 0. The number of ether oxygens (including phenoxy) is 1. The maximum Gasteiger partial charge on any atom is 0.196 e. The lowest BCUT2D eigenvalue weighted by Gasteiger charge is -2.25. The number of morpholine rings is 1. The molecule has 1 aliphatic rings. The Hall–Kier alpha value is -1.20. The van der Waals surface area contributed by atoms with E-state index in [1.54, 1.807) is 0 Å². The van der Waals surface area contributed by atoms with Crippen molar-refractivity contribution in [2.75, 3.05) is 32.8 Å². The first-order valence-electron chi connectivity index (χ1n) is 5.51. The predicted molar refractivity (Wildman–Crippen MR) is 57.5 cm³/mol. The SMILES string of the molecule is CC(=O)c1cnc(CCN2CCOCC2)o1. The van der Waals surface area contributed by atoms with E-state index in [4.69, 9.17) is 9.15 Å². The van der Waals surface area contributed by atoms with Crippen LogP contribution in [0.5, 0.6) is 0 Å². The minimum absolute atomic E-state index is 0.0786. The number of hydrogen-bond acceptors (Lipinski definition) is 5. The Morgan fingerprint density at radius 1 is 1.50 bits per heavy atom. The summed E-state index contributed by atoms with van der Waals surface area (Å²) < 4.78 is 10.6. The summed E-state index contributed by atoms with van der Waals surface area (Å²) in [7, 11) is 0. The monoisotopic (exact) mass is 224 g/mol. The van der Waals surface area contributed by atoms with E-state index < -0.39 is 0 Å². The Balaban J connectivity index is 1.81. The topological polar surface area (TPSA) is 55.6 Å². The number of oxazole rings is 1. The van der Waals surface area contributed by atoms with Gasteiger partial charge in [0.25, 0.3) is 0 Å². The lowest BCUT2D eigenvalue weighted by molar-refractivity contribution is 0.0377. The highest BCUT2D eigenvalue weighted by atomic mass is 16.5. The van der Waals surface area contributed by atoms with Crippen molar-refractivity contribution >= 4 is 5.78 Å². The maximum absolute atomic E-state index is 11.0. The zero-order chi connectivity index (χ0) is 11.4. The van der Waals surface area contributed by atoms with Gasteiger partial charge in [0.1, 0.15) is 0 Å². The van der Waals surface area contributed by atoms with Gasteiger partial charge < -0.3 is 9.15 Å². The van der Waals surface area contributed by atoms with Gasteiger partial charge in [-0.05, 0) is 0 Å². The van der Waals surface area contributed by atoms with Crippen LogP contribution in [0, 0.1) is 0 Å². The molecule has 1 fully saturated rings. The molecule has 1 aromatic heterocycles. The molecule has 0 aromatic carbocycles. The second-order valence-electron chi connectivity index (χ2n) is 3.88. The molecule has 2 rings (SSSR count). The Kier molecular flexibility index (Phi) is 3.69. The molecule has 0 unspecified atom stereocenters. The second-order valence-corrected chi connectivity index (χ2v) is 3.88. The molecule has 88 valence electrons. The van der Waals surface area contributed by atoms with Gasteiger partial charge in [0, 0.05) is 33.0 Å². The fourth-order valence-electron chi connectivity index (χ4n) is 1.67. The molecule has 0 radical (unpaired) electrons. The number of carbonyl (C=O) groups is 1. The van der Waals surface area contributed by atoms with Gasteiger partial charge in [-0.1, -0.05) is 0 Å². The average Bonchev–Trinajstić information content (AvgIpc) is 2.76. The van der Waals surface area contributed by atoms with Crippen LogP contribution in [0.25, 0.3) is 0 Å². The summed E-state index contributed by atoms with van der Waals surface area (Å²) in [4.78, 5) is 17.4. The number of carbonyl (C=O) groups excluding carboxylic acids is 1. The van der Waals surface area contributed by atoms with Crippen LogP contribution in [0.1, 0.15) is 23.4 Å². The zero-order valence-electron chi connectivity index (χ0n) is 9.44. The van der Waals surface area contributed by atoms with Crippen LogP contribution < -0.4 is 0 Å². The molecular formula is C11H16N2O3. The smallest absolute Gasteiger partial charge is 0.196 e. The molecule has 0 atom stereocenters. The van der Waals surface area contributed by atoms with E-state index in [-0.39, 0.29) is 5.78 Å². The number of aromatic nitrogens is 1. The first-order chi connectivity index (χ1) is 7.75. The lowest BCUT2D eigenvalue weighted by atomic mass is 10.3.